The Hall–Kier alpha value is -2.09. The predicted molar refractivity (Wildman–Crippen MR) is 75.8 cm³/mol. The first kappa shape index (κ1) is 13.3. The second-order valence-corrected chi connectivity index (χ2v) is 4.71. The van der Waals surface area contributed by atoms with Crippen LogP contribution in [0.3, 0.4) is 0 Å². The minimum Gasteiger partial charge on any atom is -0.458 e. The third-order valence-corrected chi connectivity index (χ3v) is 3.05. The highest BCUT2D eigenvalue weighted by Gasteiger charge is 2.11. The molecule has 2 heteroatoms. The molecule has 2 aromatic carbocycles. The summed E-state index contributed by atoms with van der Waals surface area (Å²) in [5.74, 6) is -0.195. The summed E-state index contributed by atoms with van der Waals surface area (Å²) >= 11 is 0. The standard InChI is InChI=1S/C17H18O2/c1-13-8-10-16(11-9-13)14(2)19-17(18)12-15-6-4-3-5-7-15/h3-11,14H,12H2,1-2H3/t14-/m1/s1. The van der Waals surface area contributed by atoms with Crippen LogP contribution in [0, 0.1) is 6.92 Å². The van der Waals surface area contributed by atoms with E-state index in [-0.39, 0.29) is 12.1 Å². The molecule has 98 valence electrons. The van der Waals surface area contributed by atoms with Crippen molar-refractivity contribution in [1.82, 2.24) is 0 Å². The van der Waals surface area contributed by atoms with Crippen molar-refractivity contribution in [2.75, 3.05) is 0 Å². The zero-order chi connectivity index (χ0) is 13.7. The monoisotopic (exact) mass is 254 g/mol. The molecule has 0 fully saturated rings. The van der Waals surface area contributed by atoms with Crippen molar-refractivity contribution in [3.63, 3.8) is 0 Å². The van der Waals surface area contributed by atoms with Crippen LogP contribution in [0.4, 0.5) is 0 Å². The highest BCUT2D eigenvalue weighted by Crippen LogP contribution is 2.18. The number of esters is 1. The fourth-order valence-electron chi connectivity index (χ4n) is 1.91. The van der Waals surface area contributed by atoms with Gasteiger partial charge in [0.25, 0.3) is 0 Å². The summed E-state index contributed by atoms with van der Waals surface area (Å²) in [5.41, 5.74) is 3.20. The Balaban J connectivity index is 1.93. The van der Waals surface area contributed by atoms with Gasteiger partial charge in [0.15, 0.2) is 0 Å². The van der Waals surface area contributed by atoms with Gasteiger partial charge in [0.1, 0.15) is 6.10 Å². The summed E-state index contributed by atoms with van der Waals surface area (Å²) in [6, 6.07) is 17.7. The minimum atomic E-state index is -0.211. The van der Waals surface area contributed by atoms with Crippen LogP contribution < -0.4 is 0 Å². The maximum Gasteiger partial charge on any atom is 0.310 e. The highest BCUT2D eigenvalue weighted by molar-refractivity contribution is 5.72. The van der Waals surface area contributed by atoms with Crippen molar-refractivity contribution in [1.29, 1.82) is 0 Å². The zero-order valence-corrected chi connectivity index (χ0v) is 11.3. The zero-order valence-electron chi connectivity index (χ0n) is 11.3. The molecule has 2 rings (SSSR count). The average Bonchev–Trinajstić information content (AvgIpc) is 2.40. The lowest BCUT2D eigenvalue weighted by atomic mass is 10.1. The number of rotatable bonds is 4. The molecule has 0 unspecified atom stereocenters. The van der Waals surface area contributed by atoms with E-state index < -0.39 is 0 Å². The van der Waals surface area contributed by atoms with E-state index in [9.17, 15) is 4.79 Å². The van der Waals surface area contributed by atoms with Crippen LogP contribution in [0.15, 0.2) is 54.6 Å². The first-order chi connectivity index (χ1) is 9.15. The summed E-state index contributed by atoms with van der Waals surface area (Å²) < 4.78 is 5.44. The van der Waals surface area contributed by atoms with Crippen molar-refractivity contribution in [2.24, 2.45) is 0 Å². The van der Waals surface area contributed by atoms with Gasteiger partial charge >= 0.3 is 5.97 Å². The van der Waals surface area contributed by atoms with Crippen LogP contribution in [-0.2, 0) is 16.0 Å². The summed E-state index contributed by atoms with van der Waals surface area (Å²) in [6.45, 7) is 3.93. The summed E-state index contributed by atoms with van der Waals surface area (Å²) in [5, 5.41) is 0. The van der Waals surface area contributed by atoms with E-state index in [0.717, 1.165) is 11.1 Å². The predicted octanol–water partition coefficient (Wildman–Crippen LogP) is 3.84. The Bertz CT molecular complexity index is 529. The van der Waals surface area contributed by atoms with Crippen molar-refractivity contribution in [3.05, 3.63) is 71.3 Å². The molecular weight excluding hydrogens is 236 g/mol. The lowest BCUT2D eigenvalue weighted by Gasteiger charge is -2.14. The van der Waals surface area contributed by atoms with Crippen molar-refractivity contribution in [3.8, 4) is 0 Å². The molecule has 0 aliphatic carbocycles. The Morgan fingerprint density at radius 3 is 2.32 bits per heavy atom. The fraction of sp³-hybridized carbons (Fsp3) is 0.235. The largest absolute Gasteiger partial charge is 0.458 e. The van der Waals surface area contributed by atoms with E-state index >= 15 is 0 Å². The van der Waals surface area contributed by atoms with Gasteiger partial charge in [-0.2, -0.15) is 0 Å². The Morgan fingerprint density at radius 1 is 1.05 bits per heavy atom. The number of benzene rings is 2. The SMILES string of the molecule is Cc1ccc([C@@H](C)OC(=O)Cc2ccccc2)cc1. The highest BCUT2D eigenvalue weighted by atomic mass is 16.5. The molecule has 19 heavy (non-hydrogen) atoms. The summed E-state index contributed by atoms with van der Waals surface area (Å²) in [6.07, 6.45) is 0.105. The molecule has 0 heterocycles. The Labute approximate surface area is 114 Å². The van der Waals surface area contributed by atoms with Gasteiger partial charge in [0.05, 0.1) is 6.42 Å². The molecule has 0 radical (unpaired) electrons. The molecule has 2 aromatic rings. The molecule has 0 saturated heterocycles. The van der Waals surface area contributed by atoms with E-state index in [1.807, 2.05) is 68.4 Å². The third kappa shape index (κ3) is 3.95. The van der Waals surface area contributed by atoms with Crippen LogP contribution in [0.1, 0.15) is 29.7 Å². The van der Waals surface area contributed by atoms with Gasteiger partial charge in [-0.05, 0) is 25.0 Å². The van der Waals surface area contributed by atoms with Gasteiger partial charge in [0.2, 0.25) is 0 Å². The minimum absolute atomic E-state index is 0.195. The van der Waals surface area contributed by atoms with Crippen molar-refractivity contribution in [2.45, 2.75) is 26.4 Å². The molecule has 1 atom stereocenters. The topological polar surface area (TPSA) is 26.3 Å². The maximum atomic E-state index is 11.8. The van der Waals surface area contributed by atoms with Gasteiger partial charge in [-0.3, -0.25) is 4.79 Å². The lowest BCUT2D eigenvalue weighted by molar-refractivity contribution is -0.147. The quantitative estimate of drug-likeness (QED) is 0.775. The molecule has 0 spiro atoms. The first-order valence-electron chi connectivity index (χ1n) is 6.45. The molecule has 0 aliphatic rings. The van der Waals surface area contributed by atoms with Crippen LogP contribution in [0.5, 0.6) is 0 Å². The van der Waals surface area contributed by atoms with Crippen LogP contribution in [0.25, 0.3) is 0 Å². The lowest BCUT2D eigenvalue weighted by Crippen LogP contribution is -2.11. The first-order valence-corrected chi connectivity index (χ1v) is 6.45. The van der Waals surface area contributed by atoms with E-state index in [1.165, 1.54) is 5.56 Å². The Morgan fingerprint density at radius 2 is 1.68 bits per heavy atom. The van der Waals surface area contributed by atoms with Gasteiger partial charge in [0, 0.05) is 0 Å². The molecule has 2 nitrogen and oxygen atoms in total. The molecule has 0 aliphatic heterocycles. The van der Waals surface area contributed by atoms with E-state index in [0.29, 0.717) is 6.42 Å². The van der Waals surface area contributed by atoms with Crippen molar-refractivity contribution < 1.29 is 9.53 Å². The van der Waals surface area contributed by atoms with Gasteiger partial charge in [-0.25, -0.2) is 0 Å². The van der Waals surface area contributed by atoms with Crippen molar-refractivity contribution >= 4 is 5.97 Å². The average molecular weight is 254 g/mol. The van der Waals surface area contributed by atoms with E-state index in [2.05, 4.69) is 0 Å². The van der Waals surface area contributed by atoms with Crippen LogP contribution in [0.2, 0.25) is 0 Å². The molecule has 0 saturated carbocycles. The van der Waals surface area contributed by atoms with Crippen LogP contribution in [-0.4, -0.2) is 5.97 Å². The molecule has 0 aromatic heterocycles. The normalized spacial score (nSPS) is 11.9. The summed E-state index contributed by atoms with van der Waals surface area (Å²) in [7, 11) is 0. The van der Waals surface area contributed by atoms with E-state index in [4.69, 9.17) is 4.74 Å². The number of aryl methyl sites for hydroxylation is 1. The molecule has 0 bridgehead atoms. The maximum absolute atomic E-state index is 11.8. The van der Waals surface area contributed by atoms with Gasteiger partial charge in [-0.1, -0.05) is 60.2 Å². The van der Waals surface area contributed by atoms with Gasteiger partial charge < -0.3 is 4.74 Å². The second-order valence-electron chi connectivity index (χ2n) is 4.71. The fourth-order valence-corrected chi connectivity index (χ4v) is 1.91. The summed E-state index contributed by atoms with van der Waals surface area (Å²) in [4.78, 5) is 11.8. The van der Waals surface area contributed by atoms with Crippen LogP contribution >= 0.6 is 0 Å². The number of carbonyl (C=O) groups excluding carboxylic acids is 1. The number of hydrogen-bond donors (Lipinski definition) is 0. The molecular formula is C17H18O2. The van der Waals surface area contributed by atoms with Gasteiger partial charge in [-0.15, -0.1) is 0 Å². The smallest absolute Gasteiger partial charge is 0.310 e. The number of hydrogen-bond acceptors (Lipinski definition) is 2. The second kappa shape index (κ2) is 6.19. The third-order valence-electron chi connectivity index (χ3n) is 3.05. The van der Waals surface area contributed by atoms with E-state index in [1.54, 1.807) is 0 Å². The Kier molecular flexibility index (Phi) is 4.35. The number of ether oxygens (including phenoxy) is 1. The number of carbonyl (C=O) groups is 1. The molecule has 0 N–H and O–H groups in total. The molecule has 0 amide bonds.